The highest BCUT2D eigenvalue weighted by molar-refractivity contribution is 7.84. The molecule has 0 aromatic heterocycles. The SMILES string of the molecule is CC[C@@]1(C)O[C@@H]2[C@@H](CO[C@@]3(COS(N)(=O)=O)OC(C)(C)O[C@@H]23)O1. The number of fused-ring (bicyclic) bond motifs is 3. The van der Waals surface area contributed by atoms with Gasteiger partial charge in [-0.15, -0.1) is 0 Å². The maximum Gasteiger partial charge on any atom is 0.333 e. The Morgan fingerprint density at radius 2 is 1.91 bits per heavy atom. The molecule has 0 aliphatic carbocycles. The fraction of sp³-hybridized carbons (Fsp3) is 1.00. The molecule has 0 radical (unpaired) electrons. The van der Waals surface area contributed by atoms with Crippen molar-refractivity contribution in [1.29, 1.82) is 0 Å². The molecule has 23 heavy (non-hydrogen) atoms. The lowest BCUT2D eigenvalue weighted by Crippen LogP contribution is -2.60. The third kappa shape index (κ3) is 3.27. The van der Waals surface area contributed by atoms with Gasteiger partial charge in [-0.05, 0) is 27.2 Å². The van der Waals surface area contributed by atoms with Gasteiger partial charge in [0.15, 0.2) is 11.6 Å². The molecule has 0 spiro atoms. The average Bonchev–Trinajstić information content (AvgIpc) is 2.90. The van der Waals surface area contributed by atoms with Gasteiger partial charge in [0, 0.05) is 0 Å². The zero-order valence-electron chi connectivity index (χ0n) is 13.6. The molecule has 3 aliphatic heterocycles. The van der Waals surface area contributed by atoms with Crippen LogP contribution in [0.1, 0.15) is 34.1 Å². The number of nitrogens with two attached hydrogens (primary N) is 1. The van der Waals surface area contributed by atoms with Gasteiger partial charge >= 0.3 is 10.3 Å². The molecule has 0 aromatic carbocycles. The topological polar surface area (TPSA) is 116 Å². The standard InChI is InChI=1S/C13H23NO8S/c1-5-12(4)19-8-6-17-13(7-18-23(14,15)16)10(9(8)20-12)21-11(2,3)22-13/h8-10H,5-7H2,1-4H3,(H2,14,15,16)/t8-,9-,10+,12-,13+/m1/s1. The number of hydrogen-bond acceptors (Lipinski definition) is 8. The predicted octanol–water partition coefficient (Wildman–Crippen LogP) is -0.00530. The summed E-state index contributed by atoms with van der Waals surface area (Å²) in [7, 11) is -4.14. The summed E-state index contributed by atoms with van der Waals surface area (Å²) in [6.07, 6.45) is -0.839. The van der Waals surface area contributed by atoms with Crippen LogP contribution >= 0.6 is 0 Å². The average molecular weight is 353 g/mol. The molecule has 0 saturated carbocycles. The lowest BCUT2D eigenvalue weighted by atomic mass is 9.98. The summed E-state index contributed by atoms with van der Waals surface area (Å²) in [6.45, 7) is 6.95. The highest BCUT2D eigenvalue weighted by atomic mass is 32.2. The molecule has 9 nitrogen and oxygen atoms in total. The molecule has 10 heteroatoms. The summed E-state index contributed by atoms with van der Waals surface area (Å²) in [5.74, 6) is -3.15. The number of ether oxygens (including phenoxy) is 5. The maximum absolute atomic E-state index is 11.1. The van der Waals surface area contributed by atoms with E-state index in [4.69, 9.17) is 33.0 Å². The van der Waals surface area contributed by atoms with E-state index in [1.54, 1.807) is 13.8 Å². The first-order valence-corrected chi connectivity index (χ1v) is 8.99. The van der Waals surface area contributed by atoms with Gasteiger partial charge in [-0.25, -0.2) is 5.14 Å². The van der Waals surface area contributed by atoms with Crippen LogP contribution in [0.2, 0.25) is 0 Å². The second-order valence-electron chi connectivity index (χ2n) is 6.64. The zero-order valence-corrected chi connectivity index (χ0v) is 14.4. The molecule has 134 valence electrons. The number of rotatable bonds is 4. The second-order valence-corrected chi connectivity index (χ2v) is 7.87. The Bertz CT molecular complexity index is 581. The Morgan fingerprint density at radius 1 is 1.22 bits per heavy atom. The zero-order chi connectivity index (χ0) is 17.1. The molecule has 0 unspecified atom stereocenters. The van der Waals surface area contributed by atoms with E-state index in [0.717, 1.165) is 0 Å². The van der Waals surface area contributed by atoms with Gasteiger partial charge in [0.2, 0.25) is 5.79 Å². The molecule has 3 rings (SSSR count). The monoisotopic (exact) mass is 353 g/mol. The molecular weight excluding hydrogens is 330 g/mol. The van der Waals surface area contributed by atoms with E-state index in [2.05, 4.69) is 0 Å². The fourth-order valence-electron chi connectivity index (χ4n) is 3.19. The normalized spacial score (nSPS) is 45.7. The highest BCUT2D eigenvalue weighted by Crippen LogP contribution is 2.48. The van der Waals surface area contributed by atoms with E-state index in [1.807, 2.05) is 13.8 Å². The first-order chi connectivity index (χ1) is 10.5. The van der Waals surface area contributed by atoms with Gasteiger partial charge in [0.1, 0.15) is 24.9 Å². The molecule has 3 heterocycles. The summed E-state index contributed by atoms with van der Waals surface area (Å²) in [5, 5.41) is 4.91. The Labute approximate surface area is 135 Å². The van der Waals surface area contributed by atoms with Gasteiger partial charge in [-0.3, -0.25) is 4.18 Å². The van der Waals surface area contributed by atoms with E-state index >= 15 is 0 Å². The number of hydrogen-bond donors (Lipinski definition) is 1. The summed E-state index contributed by atoms with van der Waals surface area (Å²) in [6, 6.07) is 0. The Hall–Kier alpha value is -0.330. The van der Waals surface area contributed by atoms with Crippen molar-refractivity contribution in [2.24, 2.45) is 5.14 Å². The van der Waals surface area contributed by atoms with Crippen molar-refractivity contribution in [3.8, 4) is 0 Å². The highest BCUT2D eigenvalue weighted by Gasteiger charge is 2.66. The first kappa shape index (κ1) is 17.5. The van der Waals surface area contributed by atoms with Crippen LogP contribution in [0.15, 0.2) is 0 Å². The molecular formula is C13H23NO8S. The van der Waals surface area contributed by atoms with Crippen molar-refractivity contribution in [1.82, 2.24) is 0 Å². The first-order valence-electron chi connectivity index (χ1n) is 7.52. The Kier molecular flexibility index (Phi) is 4.06. The van der Waals surface area contributed by atoms with Crippen molar-refractivity contribution >= 4 is 10.3 Å². The fourth-order valence-corrected chi connectivity index (χ4v) is 3.52. The lowest BCUT2D eigenvalue weighted by molar-refractivity contribution is -0.290. The van der Waals surface area contributed by atoms with Gasteiger partial charge in [-0.2, -0.15) is 8.42 Å². The smallest absolute Gasteiger partial charge is 0.333 e. The summed E-state index contributed by atoms with van der Waals surface area (Å²) >= 11 is 0. The van der Waals surface area contributed by atoms with Gasteiger partial charge in [0.05, 0.1) is 6.61 Å². The molecule has 5 atom stereocenters. The van der Waals surface area contributed by atoms with Crippen LogP contribution in [0.3, 0.4) is 0 Å². The van der Waals surface area contributed by atoms with Crippen LogP contribution < -0.4 is 5.14 Å². The molecule has 0 bridgehead atoms. The van der Waals surface area contributed by atoms with Crippen molar-refractivity contribution in [2.45, 2.75) is 69.8 Å². The maximum atomic E-state index is 11.1. The molecule has 0 aromatic rings. The van der Waals surface area contributed by atoms with E-state index in [-0.39, 0.29) is 12.7 Å². The predicted molar refractivity (Wildman–Crippen MR) is 76.2 cm³/mol. The molecule has 3 fully saturated rings. The van der Waals surface area contributed by atoms with Gasteiger partial charge < -0.3 is 23.7 Å². The summed E-state index contributed by atoms with van der Waals surface area (Å²) in [5.41, 5.74) is 0. The van der Waals surface area contributed by atoms with Crippen LogP contribution in [0.25, 0.3) is 0 Å². The van der Waals surface area contributed by atoms with E-state index < -0.39 is 46.5 Å². The Balaban J connectivity index is 1.87. The van der Waals surface area contributed by atoms with Crippen LogP contribution in [0.4, 0.5) is 0 Å². The molecule has 3 aliphatic rings. The van der Waals surface area contributed by atoms with E-state index in [0.29, 0.717) is 6.42 Å². The second kappa shape index (κ2) is 5.33. The van der Waals surface area contributed by atoms with Crippen molar-refractivity contribution < 1.29 is 36.3 Å². The van der Waals surface area contributed by atoms with Crippen LogP contribution in [0, 0.1) is 0 Å². The molecule has 3 saturated heterocycles. The van der Waals surface area contributed by atoms with Crippen molar-refractivity contribution in [3.05, 3.63) is 0 Å². The van der Waals surface area contributed by atoms with E-state index in [1.165, 1.54) is 0 Å². The van der Waals surface area contributed by atoms with Crippen LogP contribution in [0.5, 0.6) is 0 Å². The minimum atomic E-state index is -4.14. The van der Waals surface area contributed by atoms with Gasteiger partial charge in [-0.1, -0.05) is 6.92 Å². The summed E-state index contributed by atoms with van der Waals surface area (Å²) < 4.78 is 56.4. The lowest BCUT2D eigenvalue weighted by Gasteiger charge is -2.40. The van der Waals surface area contributed by atoms with Crippen molar-refractivity contribution in [3.63, 3.8) is 0 Å². The third-order valence-corrected chi connectivity index (χ3v) is 4.72. The van der Waals surface area contributed by atoms with Crippen molar-refractivity contribution in [2.75, 3.05) is 13.2 Å². The minimum absolute atomic E-state index is 0.171. The molecule has 2 N–H and O–H groups in total. The largest absolute Gasteiger partial charge is 0.343 e. The van der Waals surface area contributed by atoms with Crippen LogP contribution in [-0.2, 0) is 38.2 Å². The molecule has 0 amide bonds. The quantitative estimate of drug-likeness (QED) is 0.750. The Morgan fingerprint density at radius 3 is 2.52 bits per heavy atom. The minimum Gasteiger partial charge on any atom is -0.343 e. The third-order valence-electron chi connectivity index (χ3n) is 4.27. The van der Waals surface area contributed by atoms with E-state index in [9.17, 15) is 8.42 Å². The summed E-state index contributed by atoms with van der Waals surface area (Å²) in [4.78, 5) is 0. The van der Waals surface area contributed by atoms with Gasteiger partial charge in [0.25, 0.3) is 0 Å². The van der Waals surface area contributed by atoms with Crippen LogP contribution in [-0.4, -0.2) is 57.3 Å².